The second-order valence-electron chi connectivity index (χ2n) is 6.35. The first-order chi connectivity index (χ1) is 14.3. The molecule has 1 nitrogen and oxygen atoms in total. The molecule has 4 rings (SSSR count). The van der Waals surface area contributed by atoms with Crippen LogP contribution < -0.4 is 15.9 Å². The van der Waals surface area contributed by atoms with Gasteiger partial charge in [0.25, 0.3) is 0 Å². The van der Waals surface area contributed by atoms with Crippen LogP contribution >= 0.6 is 19.7 Å². The maximum atomic E-state index is 8.30. The maximum absolute atomic E-state index is 8.30. The molecule has 142 valence electrons. The fourth-order valence-electron chi connectivity index (χ4n) is 2.84. The molecular weight excluding hydrogens is 389 g/mol. The van der Waals surface area contributed by atoms with Gasteiger partial charge in [-0.05, 0) is 54.7 Å². The first kappa shape index (κ1) is 20.9. The van der Waals surface area contributed by atoms with E-state index in [2.05, 4.69) is 91.0 Å². The number of hydrogen-bond acceptors (Lipinski definition) is 2. The molecule has 0 aliphatic heterocycles. The van der Waals surface area contributed by atoms with Gasteiger partial charge in [0.2, 0.25) is 0 Å². The number of thioether (sulfide) groups is 1. The molecule has 0 N–H and O–H groups in total. The van der Waals surface area contributed by atoms with Crippen molar-refractivity contribution in [1.82, 2.24) is 0 Å². The van der Waals surface area contributed by atoms with E-state index in [1.807, 2.05) is 36.6 Å². The Kier molecular flexibility index (Phi) is 8.08. The van der Waals surface area contributed by atoms with Crippen LogP contribution in [0.4, 0.5) is 0 Å². The van der Waals surface area contributed by atoms with E-state index in [9.17, 15) is 0 Å². The second kappa shape index (κ2) is 11.2. The van der Waals surface area contributed by atoms with Crippen LogP contribution in [0.3, 0.4) is 0 Å². The minimum absolute atomic E-state index is 0.446. The Bertz CT molecular complexity index is 933. The van der Waals surface area contributed by atoms with E-state index in [1.165, 1.54) is 33.2 Å². The maximum Gasteiger partial charge on any atom is 0.138 e. The third-order valence-corrected chi connectivity index (χ3v) is 7.27. The highest BCUT2D eigenvalue weighted by Crippen LogP contribution is 2.32. The smallest absolute Gasteiger partial charge is 0.138 e. The molecule has 4 aromatic rings. The van der Waals surface area contributed by atoms with Gasteiger partial charge in [-0.2, -0.15) is 5.26 Å². The van der Waals surface area contributed by atoms with E-state index < -0.39 is 7.92 Å². The monoisotopic (exact) mass is 411 g/mol. The lowest BCUT2D eigenvalue weighted by atomic mass is 10.2. The van der Waals surface area contributed by atoms with Crippen LogP contribution in [0.2, 0.25) is 0 Å². The zero-order valence-electron chi connectivity index (χ0n) is 16.3. The summed E-state index contributed by atoms with van der Waals surface area (Å²) in [4.78, 5) is 1.01. The van der Waals surface area contributed by atoms with Crippen LogP contribution in [0, 0.1) is 17.6 Å². The Hall–Kier alpha value is -2.85. The van der Waals surface area contributed by atoms with Crippen LogP contribution in [0.25, 0.3) is 0 Å². The van der Waals surface area contributed by atoms with E-state index in [1.54, 1.807) is 0 Å². The lowest BCUT2D eigenvalue weighted by Crippen LogP contribution is -2.20. The Morgan fingerprint density at radius 2 is 0.966 bits per heavy atom. The number of benzene rings is 4. The molecule has 0 bridgehead atoms. The predicted molar refractivity (Wildman–Crippen MR) is 128 cm³/mol. The van der Waals surface area contributed by atoms with Crippen LogP contribution in [0.15, 0.2) is 120 Å². The van der Waals surface area contributed by atoms with E-state index in [0.29, 0.717) is 0 Å². The van der Waals surface area contributed by atoms with Crippen molar-refractivity contribution >= 4 is 35.6 Å². The van der Waals surface area contributed by atoms with Gasteiger partial charge in [0.15, 0.2) is 0 Å². The molecular formula is C26H22NPS. The lowest BCUT2D eigenvalue weighted by molar-refractivity contribution is 1.38. The number of aryl methyl sites for hydroxylation is 1. The third-order valence-electron chi connectivity index (χ3n) is 4.23. The van der Waals surface area contributed by atoms with E-state index >= 15 is 0 Å². The summed E-state index contributed by atoms with van der Waals surface area (Å²) in [6, 6.07) is 40.2. The molecule has 0 saturated carbocycles. The van der Waals surface area contributed by atoms with Gasteiger partial charge in [-0.1, -0.05) is 109 Å². The Morgan fingerprint density at radius 1 is 0.586 bits per heavy atom. The van der Waals surface area contributed by atoms with E-state index in [0.717, 1.165) is 4.90 Å². The van der Waals surface area contributed by atoms with Crippen molar-refractivity contribution in [3.8, 4) is 5.40 Å². The topological polar surface area (TPSA) is 23.8 Å². The summed E-state index contributed by atoms with van der Waals surface area (Å²) in [6.45, 7) is 2.03. The molecule has 3 heteroatoms. The Balaban J connectivity index is 0.000000204. The van der Waals surface area contributed by atoms with Crippen molar-refractivity contribution in [1.29, 1.82) is 5.26 Å². The fraction of sp³-hybridized carbons (Fsp3) is 0.0385. The molecule has 0 heterocycles. The predicted octanol–water partition coefficient (Wildman–Crippen LogP) is 6.01. The molecule has 29 heavy (non-hydrogen) atoms. The largest absolute Gasteiger partial charge is 0.185 e. The van der Waals surface area contributed by atoms with Gasteiger partial charge < -0.3 is 0 Å². The van der Waals surface area contributed by atoms with E-state index in [4.69, 9.17) is 5.26 Å². The Labute approximate surface area is 178 Å². The minimum atomic E-state index is -0.446. The van der Waals surface area contributed by atoms with Crippen molar-refractivity contribution < 1.29 is 0 Å². The first-order valence-corrected chi connectivity index (χ1v) is 11.5. The van der Waals surface area contributed by atoms with Crippen molar-refractivity contribution in [2.75, 3.05) is 0 Å². The molecule has 0 atom stereocenters. The van der Waals surface area contributed by atoms with E-state index in [-0.39, 0.29) is 0 Å². The summed E-state index contributed by atoms with van der Waals surface area (Å²) in [6.07, 6.45) is 0. The van der Waals surface area contributed by atoms with Gasteiger partial charge in [-0.3, -0.25) is 0 Å². The van der Waals surface area contributed by atoms with Gasteiger partial charge in [0, 0.05) is 4.90 Å². The van der Waals surface area contributed by atoms with Crippen molar-refractivity contribution in [2.45, 2.75) is 11.8 Å². The molecule has 0 spiro atoms. The number of rotatable bonds is 4. The fourth-order valence-corrected chi connectivity index (χ4v) is 5.52. The summed E-state index contributed by atoms with van der Waals surface area (Å²) in [5, 5.41) is 14.5. The average Bonchev–Trinajstić information content (AvgIpc) is 2.79. The lowest BCUT2D eigenvalue weighted by Gasteiger charge is -2.18. The van der Waals surface area contributed by atoms with Gasteiger partial charge in [-0.15, -0.1) is 0 Å². The van der Waals surface area contributed by atoms with Gasteiger partial charge >= 0.3 is 0 Å². The normalized spacial score (nSPS) is 9.97. The average molecular weight is 412 g/mol. The van der Waals surface area contributed by atoms with Gasteiger partial charge in [0.05, 0.1) is 0 Å². The Morgan fingerprint density at radius 3 is 1.31 bits per heavy atom. The summed E-state index contributed by atoms with van der Waals surface area (Å²) >= 11 is 1.19. The third kappa shape index (κ3) is 6.33. The first-order valence-electron chi connectivity index (χ1n) is 9.36. The number of thiocyanates is 1. The molecule has 0 radical (unpaired) electrons. The molecule has 0 fully saturated rings. The van der Waals surface area contributed by atoms with Crippen LogP contribution in [-0.4, -0.2) is 0 Å². The van der Waals surface area contributed by atoms with Crippen LogP contribution in [0.1, 0.15) is 5.56 Å². The van der Waals surface area contributed by atoms with Crippen molar-refractivity contribution in [3.63, 3.8) is 0 Å². The molecule has 0 aliphatic carbocycles. The number of hydrogen-bond donors (Lipinski definition) is 0. The highest BCUT2D eigenvalue weighted by Gasteiger charge is 2.14. The highest BCUT2D eigenvalue weighted by molar-refractivity contribution is 8.03. The zero-order valence-corrected chi connectivity index (χ0v) is 18.0. The molecule has 4 aromatic carbocycles. The highest BCUT2D eigenvalue weighted by atomic mass is 32.2. The quantitative estimate of drug-likeness (QED) is 0.233. The molecule has 0 unspecified atom stereocenters. The summed E-state index contributed by atoms with van der Waals surface area (Å²) in [5.41, 5.74) is 1.22. The molecule has 0 aliphatic rings. The number of nitrogens with zero attached hydrogens (tertiary/aromatic N) is 1. The summed E-state index contributed by atoms with van der Waals surface area (Å²) in [5.74, 6) is 0. The van der Waals surface area contributed by atoms with Crippen molar-refractivity contribution in [2.24, 2.45) is 0 Å². The minimum Gasteiger partial charge on any atom is -0.185 e. The van der Waals surface area contributed by atoms with Crippen LogP contribution in [-0.2, 0) is 0 Å². The van der Waals surface area contributed by atoms with Gasteiger partial charge in [-0.25, -0.2) is 0 Å². The molecule has 0 saturated heterocycles. The van der Waals surface area contributed by atoms with Crippen molar-refractivity contribution in [3.05, 3.63) is 121 Å². The summed E-state index contributed by atoms with van der Waals surface area (Å²) < 4.78 is 0. The standard InChI is InChI=1S/C18H15P.C8H7NS/c1-4-10-16(11-5-1)19(17-12-6-2-7-13-17)18-14-8-3-9-15-18;1-7-2-4-8(5-3-7)10-6-9/h1-15H;2-5H,1H3. The molecule has 0 aromatic heterocycles. The van der Waals surface area contributed by atoms with Crippen LogP contribution in [0.5, 0.6) is 0 Å². The SMILES string of the molecule is Cc1ccc(SC#N)cc1.c1ccc(P(c2ccccc2)c2ccccc2)cc1. The zero-order chi connectivity index (χ0) is 20.3. The second-order valence-corrected chi connectivity index (χ2v) is 9.43. The summed E-state index contributed by atoms with van der Waals surface area (Å²) in [7, 11) is -0.446. The number of nitriles is 1. The molecule has 0 amide bonds. The van der Waals surface area contributed by atoms with Gasteiger partial charge in [0.1, 0.15) is 5.40 Å².